The predicted molar refractivity (Wildman–Crippen MR) is 74.3 cm³/mol. The minimum atomic E-state index is 0.340. The topological polar surface area (TPSA) is 29.9 Å². The average molecular weight is 243 g/mol. The van der Waals surface area contributed by atoms with Crippen molar-refractivity contribution in [2.24, 2.45) is 0 Å². The molecule has 1 heterocycles. The van der Waals surface area contributed by atoms with Gasteiger partial charge in [0.1, 0.15) is 5.82 Å². The van der Waals surface area contributed by atoms with Gasteiger partial charge in [-0.1, -0.05) is 29.8 Å². The summed E-state index contributed by atoms with van der Waals surface area (Å²) >= 11 is 0. The second kappa shape index (κ2) is 5.83. The van der Waals surface area contributed by atoms with Crippen LogP contribution in [0.2, 0.25) is 0 Å². The van der Waals surface area contributed by atoms with E-state index in [9.17, 15) is 0 Å². The van der Waals surface area contributed by atoms with Crippen molar-refractivity contribution in [2.75, 3.05) is 0 Å². The second-order valence-corrected chi connectivity index (χ2v) is 4.65. The molecule has 0 spiro atoms. The van der Waals surface area contributed by atoms with Crippen LogP contribution in [0.1, 0.15) is 36.8 Å². The molecule has 0 radical (unpaired) electrons. The first-order chi connectivity index (χ1) is 8.70. The fourth-order valence-electron chi connectivity index (χ4n) is 2.10. The van der Waals surface area contributed by atoms with Gasteiger partial charge in [0.15, 0.2) is 0 Å². The summed E-state index contributed by atoms with van der Waals surface area (Å²) in [5.41, 5.74) is 2.63. The Balaban J connectivity index is 1.98. The molecule has 96 valence electrons. The lowest BCUT2D eigenvalue weighted by molar-refractivity contribution is 0.540. The number of nitrogens with zero attached hydrogens (tertiary/aromatic N) is 2. The molecule has 2 rings (SSSR count). The van der Waals surface area contributed by atoms with Crippen molar-refractivity contribution < 1.29 is 0 Å². The minimum Gasteiger partial charge on any atom is -0.334 e. The van der Waals surface area contributed by atoms with E-state index in [1.165, 1.54) is 11.1 Å². The lowest BCUT2D eigenvalue weighted by Crippen LogP contribution is -2.20. The van der Waals surface area contributed by atoms with Crippen molar-refractivity contribution in [3.05, 3.63) is 53.6 Å². The number of benzene rings is 1. The molecule has 1 N–H and O–H groups in total. The van der Waals surface area contributed by atoms with Crippen LogP contribution in [0.25, 0.3) is 0 Å². The van der Waals surface area contributed by atoms with Gasteiger partial charge in [-0.15, -0.1) is 0 Å². The van der Waals surface area contributed by atoms with Crippen molar-refractivity contribution in [1.82, 2.24) is 14.9 Å². The standard InChI is InChI=1S/C15H21N3/c1-4-18-9-8-16-15(18)11-17-13(3)14-7-5-6-12(2)10-14/h5-10,13,17H,4,11H2,1-3H3/t13-/m1/s1. The smallest absolute Gasteiger partial charge is 0.122 e. The Morgan fingerprint density at radius 2 is 2.22 bits per heavy atom. The molecule has 1 atom stereocenters. The van der Waals surface area contributed by atoms with Crippen LogP contribution in [0.15, 0.2) is 36.7 Å². The number of hydrogen-bond acceptors (Lipinski definition) is 2. The largest absolute Gasteiger partial charge is 0.334 e. The zero-order chi connectivity index (χ0) is 13.0. The lowest BCUT2D eigenvalue weighted by Gasteiger charge is -2.15. The highest BCUT2D eigenvalue weighted by atomic mass is 15.1. The second-order valence-electron chi connectivity index (χ2n) is 4.65. The van der Waals surface area contributed by atoms with Crippen molar-refractivity contribution in [1.29, 1.82) is 0 Å². The van der Waals surface area contributed by atoms with Crippen molar-refractivity contribution >= 4 is 0 Å². The van der Waals surface area contributed by atoms with Crippen LogP contribution in [-0.4, -0.2) is 9.55 Å². The molecule has 0 aliphatic carbocycles. The first-order valence-electron chi connectivity index (χ1n) is 6.50. The van der Waals surface area contributed by atoms with Crippen LogP contribution in [0.3, 0.4) is 0 Å². The van der Waals surface area contributed by atoms with E-state index in [0.29, 0.717) is 6.04 Å². The normalized spacial score (nSPS) is 12.6. The summed E-state index contributed by atoms with van der Waals surface area (Å²) in [5, 5.41) is 3.52. The molecule has 0 saturated carbocycles. The maximum atomic E-state index is 4.37. The molecule has 18 heavy (non-hydrogen) atoms. The Hall–Kier alpha value is -1.61. The molecule has 1 aromatic heterocycles. The van der Waals surface area contributed by atoms with Gasteiger partial charge in [-0.05, 0) is 26.3 Å². The van der Waals surface area contributed by atoms with Crippen LogP contribution in [-0.2, 0) is 13.1 Å². The van der Waals surface area contributed by atoms with Gasteiger partial charge in [0, 0.05) is 25.0 Å². The molecule has 0 unspecified atom stereocenters. The van der Waals surface area contributed by atoms with Crippen LogP contribution in [0.4, 0.5) is 0 Å². The first-order valence-corrected chi connectivity index (χ1v) is 6.50. The number of aromatic nitrogens is 2. The minimum absolute atomic E-state index is 0.340. The molecule has 0 aliphatic heterocycles. The number of aryl methyl sites for hydroxylation is 2. The van der Waals surface area contributed by atoms with Crippen LogP contribution >= 0.6 is 0 Å². The van der Waals surface area contributed by atoms with Gasteiger partial charge in [-0.25, -0.2) is 4.98 Å². The van der Waals surface area contributed by atoms with Gasteiger partial charge in [0.25, 0.3) is 0 Å². The summed E-state index contributed by atoms with van der Waals surface area (Å²) in [4.78, 5) is 4.37. The van der Waals surface area contributed by atoms with Gasteiger partial charge in [-0.3, -0.25) is 0 Å². The highest BCUT2D eigenvalue weighted by Gasteiger charge is 2.07. The fraction of sp³-hybridized carbons (Fsp3) is 0.400. The zero-order valence-corrected chi connectivity index (χ0v) is 11.4. The molecule has 2 aromatic rings. The Morgan fingerprint density at radius 1 is 1.39 bits per heavy atom. The SMILES string of the molecule is CCn1ccnc1CN[C@H](C)c1cccc(C)c1. The first kappa shape index (κ1) is 12.8. The van der Waals surface area contributed by atoms with E-state index in [4.69, 9.17) is 0 Å². The quantitative estimate of drug-likeness (QED) is 0.874. The van der Waals surface area contributed by atoms with Gasteiger partial charge >= 0.3 is 0 Å². The fourth-order valence-corrected chi connectivity index (χ4v) is 2.10. The summed E-state index contributed by atoms with van der Waals surface area (Å²) in [6, 6.07) is 8.96. The van der Waals surface area contributed by atoms with Crippen molar-refractivity contribution in [3.63, 3.8) is 0 Å². The van der Waals surface area contributed by atoms with Gasteiger partial charge in [-0.2, -0.15) is 0 Å². The van der Waals surface area contributed by atoms with E-state index in [1.807, 2.05) is 12.4 Å². The summed E-state index contributed by atoms with van der Waals surface area (Å²) < 4.78 is 2.16. The van der Waals surface area contributed by atoms with Crippen molar-refractivity contribution in [2.45, 2.75) is 39.9 Å². The molecule has 0 bridgehead atoms. The van der Waals surface area contributed by atoms with Gasteiger partial charge in [0.2, 0.25) is 0 Å². The maximum Gasteiger partial charge on any atom is 0.122 e. The number of hydrogen-bond donors (Lipinski definition) is 1. The maximum absolute atomic E-state index is 4.37. The number of nitrogens with one attached hydrogen (secondary N) is 1. The van der Waals surface area contributed by atoms with E-state index in [1.54, 1.807) is 0 Å². The monoisotopic (exact) mass is 243 g/mol. The summed E-state index contributed by atoms with van der Waals surface area (Å²) in [6.07, 6.45) is 3.88. The zero-order valence-electron chi connectivity index (χ0n) is 11.4. The third-order valence-corrected chi connectivity index (χ3v) is 3.25. The third-order valence-electron chi connectivity index (χ3n) is 3.25. The molecule has 0 aliphatic rings. The Bertz CT molecular complexity index is 502. The summed E-state index contributed by atoms with van der Waals surface area (Å²) in [7, 11) is 0. The molecule has 3 nitrogen and oxygen atoms in total. The molecular formula is C15H21N3. The molecular weight excluding hydrogens is 222 g/mol. The van der Waals surface area contributed by atoms with E-state index in [-0.39, 0.29) is 0 Å². The molecule has 1 aromatic carbocycles. The number of imidazole rings is 1. The lowest BCUT2D eigenvalue weighted by atomic mass is 10.1. The predicted octanol–water partition coefficient (Wildman–Crippen LogP) is 3.06. The number of rotatable bonds is 5. The van der Waals surface area contributed by atoms with E-state index < -0.39 is 0 Å². The van der Waals surface area contributed by atoms with E-state index in [0.717, 1.165) is 18.9 Å². The highest BCUT2D eigenvalue weighted by Crippen LogP contribution is 2.14. The van der Waals surface area contributed by atoms with E-state index in [2.05, 4.69) is 59.9 Å². The average Bonchev–Trinajstić information content (AvgIpc) is 2.83. The molecule has 0 fully saturated rings. The van der Waals surface area contributed by atoms with Gasteiger partial charge < -0.3 is 9.88 Å². The van der Waals surface area contributed by atoms with Crippen LogP contribution < -0.4 is 5.32 Å². The summed E-state index contributed by atoms with van der Waals surface area (Å²) in [6.45, 7) is 8.22. The molecule has 0 amide bonds. The third kappa shape index (κ3) is 2.99. The highest BCUT2D eigenvalue weighted by molar-refractivity contribution is 5.24. The van der Waals surface area contributed by atoms with Crippen LogP contribution in [0.5, 0.6) is 0 Å². The van der Waals surface area contributed by atoms with Crippen LogP contribution in [0, 0.1) is 6.92 Å². The Kier molecular flexibility index (Phi) is 4.15. The van der Waals surface area contributed by atoms with E-state index >= 15 is 0 Å². The van der Waals surface area contributed by atoms with Gasteiger partial charge in [0.05, 0.1) is 6.54 Å². The molecule has 3 heteroatoms. The Morgan fingerprint density at radius 3 is 2.94 bits per heavy atom. The summed E-state index contributed by atoms with van der Waals surface area (Å²) in [5.74, 6) is 1.09. The Labute approximate surface area is 109 Å². The van der Waals surface area contributed by atoms with Crippen molar-refractivity contribution in [3.8, 4) is 0 Å². The molecule has 0 saturated heterocycles.